The Kier molecular flexibility index (Phi) is 5.27. The number of quaternary nitrogens is 1. The number of nitrogens with one attached hydrogen (secondary N) is 2. The molecule has 1 fully saturated rings. The van der Waals surface area contributed by atoms with Gasteiger partial charge in [-0.05, 0) is 30.0 Å². The highest BCUT2D eigenvalue weighted by Crippen LogP contribution is 2.32. The summed E-state index contributed by atoms with van der Waals surface area (Å²) in [5.74, 6) is -0.0437. The molecule has 1 aromatic heterocycles. The smallest absolute Gasteiger partial charge is 0.279 e. The molecule has 0 bridgehead atoms. The lowest BCUT2D eigenvalue weighted by Crippen LogP contribution is -3.11. The third-order valence-corrected chi connectivity index (χ3v) is 6.09. The summed E-state index contributed by atoms with van der Waals surface area (Å²) >= 11 is 14.2. The first kappa shape index (κ1) is 16.8. The van der Waals surface area contributed by atoms with Crippen molar-refractivity contribution in [1.82, 2.24) is 0 Å². The molecule has 0 saturated carbocycles. The van der Waals surface area contributed by atoms with Crippen molar-refractivity contribution < 1.29 is 9.69 Å². The maximum absolute atomic E-state index is 12.5. The molecule has 0 radical (unpaired) electrons. The maximum atomic E-state index is 12.5. The van der Waals surface area contributed by atoms with Crippen LogP contribution in [0.2, 0.25) is 10.0 Å². The summed E-state index contributed by atoms with van der Waals surface area (Å²) in [6, 6.07) is 8.26. The van der Waals surface area contributed by atoms with E-state index in [0.717, 1.165) is 24.9 Å². The molecule has 2 atom stereocenters. The summed E-state index contributed by atoms with van der Waals surface area (Å²) in [4.78, 5) is 15.1. The second-order valence-electron chi connectivity index (χ2n) is 5.90. The van der Waals surface area contributed by atoms with Crippen molar-refractivity contribution in [3.8, 4) is 0 Å². The van der Waals surface area contributed by atoms with E-state index >= 15 is 0 Å². The molecule has 3 nitrogen and oxygen atoms in total. The Morgan fingerprint density at radius 1 is 1.39 bits per heavy atom. The molecule has 1 aliphatic rings. The molecule has 0 aliphatic carbocycles. The number of hydrogen-bond acceptors (Lipinski definition) is 2. The number of thiophene rings is 1. The lowest BCUT2D eigenvalue weighted by Gasteiger charge is -2.20. The Bertz CT molecular complexity index is 703. The number of aryl methyl sites for hydroxylation is 1. The summed E-state index contributed by atoms with van der Waals surface area (Å²) in [5, 5.41) is 5.97. The molecule has 1 aliphatic heterocycles. The largest absolute Gasteiger partial charge is 0.320 e. The fraction of sp³-hybridized carbons (Fsp3) is 0.353. The van der Waals surface area contributed by atoms with Gasteiger partial charge < -0.3 is 10.2 Å². The highest BCUT2D eigenvalue weighted by atomic mass is 35.5. The minimum Gasteiger partial charge on any atom is -0.320 e. The van der Waals surface area contributed by atoms with E-state index < -0.39 is 0 Å². The Balaban J connectivity index is 1.69. The molecule has 2 N–H and O–H groups in total. The molecule has 2 aromatic rings. The van der Waals surface area contributed by atoms with Crippen LogP contribution in [0.15, 0.2) is 29.6 Å². The molecule has 1 amide bonds. The summed E-state index contributed by atoms with van der Waals surface area (Å²) in [7, 11) is 0. The van der Waals surface area contributed by atoms with Crippen LogP contribution < -0.4 is 10.2 Å². The van der Waals surface area contributed by atoms with Gasteiger partial charge in [0.15, 0.2) is 6.54 Å². The second-order valence-corrected chi connectivity index (χ2v) is 7.66. The van der Waals surface area contributed by atoms with Gasteiger partial charge in [0, 0.05) is 12.8 Å². The van der Waals surface area contributed by atoms with Crippen LogP contribution in [0.25, 0.3) is 0 Å². The first-order chi connectivity index (χ1) is 11.1. The van der Waals surface area contributed by atoms with Gasteiger partial charge >= 0.3 is 0 Å². The van der Waals surface area contributed by atoms with Crippen molar-refractivity contribution in [3.63, 3.8) is 0 Å². The minimum atomic E-state index is -0.0437. The number of amides is 1. The number of rotatable bonds is 4. The lowest BCUT2D eigenvalue weighted by molar-refractivity contribution is -0.910. The van der Waals surface area contributed by atoms with Crippen molar-refractivity contribution >= 4 is 46.1 Å². The first-order valence-electron chi connectivity index (χ1n) is 7.68. The molecule has 3 rings (SSSR count). The SMILES string of the molecule is Cc1ccc(Cl)c(NC(=O)C[NH+]2CCC[C@H]2c2cccs2)c1Cl. The monoisotopic (exact) mass is 369 g/mol. The molecule has 1 unspecified atom stereocenters. The van der Waals surface area contributed by atoms with Crippen LogP contribution in [-0.2, 0) is 4.79 Å². The van der Waals surface area contributed by atoms with Crippen LogP contribution >= 0.6 is 34.5 Å². The fourth-order valence-corrected chi connectivity index (χ4v) is 4.50. The Hall–Kier alpha value is -1.07. The number of halogens is 2. The van der Waals surface area contributed by atoms with Crippen LogP contribution in [0.5, 0.6) is 0 Å². The molecule has 1 saturated heterocycles. The predicted octanol–water partition coefficient (Wildman–Crippen LogP) is 3.72. The topological polar surface area (TPSA) is 33.5 Å². The zero-order chi connectivity index (χ0) is 16.4. The van der Waals surface area contributed by atoms with Gasteiger partial charge in [-0.3, -0.25) is 4.79 Å². The minimum absolute atomic E-state index is 0.0437. The van der Waals surface area contributed by atoms with E-state index in [9.17, 15) is 4.79 Å². The number of likely N-dealkylation sites (tertiary alicyclic amines) is 1. The van der Waals surface area contributed by atoms with Crippen molar-refractivity contribution in [3.05, 3.63) is 50.1 Å². The average molecular weight is 370 g/mol. The van der Waals surface area contributed by atoms with Crippen molar-refractivity contribution in [2.45, 2.75) is 25.8 Å². The van der Waals surface area contributed by atoms with E-state index in [1.807, 2.05) is 13.0 Å². The normalized spacial score (nSPS) is 20.7. The molecule has 23 heavy (non-hydrogen) atoms. The Morgan fingerprint density at radius 3 is 2.96 bits per heavy atom. The maximum Gasteiger partial charge on any atom is 0.279 e. The van der Waals surface area contributed by atoms with Crippen molar-refractivity contribution in [1.29, 1.82) is 0 Å². The zero-order valence-electron chi connectivity index (χ0n) is 12.9. The number of benzene rings is 1. The molecule has 122 valence electrons. The molecule has 0 spiro atoms. The van der Waals surface area contributed by atoms with E-state index in [0.29, 0.717) is 28.3 Å². The molecular weight excluding hydrogens is 351 g/mol. The van der Waals surface area contributed by atoms with Gasteiger partial charge in [0.25, 0.3) is 5.91 Å². The van der Waals surface area contributed by atoms with Gasteiger partial charge in [-0.2, -0.15) is 0 Å². The number of hydrogen-bond donors (Lipinski definition) is 2. The second kappa shape index (κ2) is 7.22. The number of anilines is 1. The van der Waals surface area contributed by atoms with Gasteiger partial charge in [-0.25, -0.2) is 0 Å². The van der Waals surface area contributed by atoms with Gasteiger partial charge in [-0.1, -0.05) is 35.3 Å². The van der Waals surface area contributed by atoms with Crippen molar-refractivity contribution in [2.24, 2.45) is 0 Å². The van der Waals surface area contributed by atoms with Crippen LogP contribution in [0, 0.1) is 6.92 Å². The molecule has 6 heteroatoms. The summed E-state index contributed by atoms with van der Waals surface area (Å²) in [5.41, 5.74) is 1.42. The summed E-state index contributed by atoms with van der Waals surface area (Å²) < 4.78 is 0. The highest BCUT2D eigenvalue weighted by Gasteiger charge is 2.32. The first-order valence-corrected chi connectivity index (χ1v) is 9.32. The Labute approximate surface area is 150 Å². The summed E-state index contributed by atoms with van der Waals surface area (Å²) in [6.07, 6.45) is 2.28. The standard InChI is InChI=1S/C17H18Cl2N2OS/c1-11-6-7-12(18)17(16(11)19)20-15(22)10-21-8-2-4-13(21)14-5-3-9-23-14/h3,5-7,9,13H,2,4,8,10H2,1H3,(H,20,22)/p+1/t13-/m0/s1. The van der Waals surface area contributed by atoms with Crippen LogP contribution in [0.1, 0.15) is 29.3 Å². The number of carbonyl (C=O) groups excluding carboxylic acids is 1. The average Bonchev–Trinajstić information content (AvgIpc) is 3.18. The molecule has 2 heterocycles. The molecule has 1 aromatic carbocycles. The quantitative estimate of drug-likeness (QED) is 0.845. The summed E-state index contributed by atoms with van der Waals surface area (Å²) in [6.45, 7) is 3.35. The molecular formula is C17H19Cl2N2OS+. The predicted molar refractivity (Wildman–Crippen MR) is 96.8 cm³/mol. The van der Waals surface area contributed by atoms with E-state index in [2.05, 4.69) is 22.8 Å². The van der Waals surface area contributed by atoms with Gasteiger partial charge in [0.2, 0.25) is 0 Å². The van der Waals surface area contributed by atoms with E-state index in [-0.39, 0.29) is 5.91 Å². The van der Waals surface area contributed by atoms with Gasteiger partial charge in [0.1, 0.15) is 6.04 Å². The van der Waals surface area contributed by atoms with Crippen LogP contribution in [0.3, 0.4) is 0 Å². The fourth-order valence-electron chi connectivity index (χ4n) is 3.12. The third kappa shape index (κ3) is 3.72. The van der Waals surface area contributed by atoms with E-state index in [4.69, 9.17) is 23.2 Å². The van der Waals surface area contributed by atoms with E-state index in [1.54, 1.807) is 17.4 Å². The van der Waals surface area contributed by atoms with Gasteiger partial charge in [-0.15, -0.1) is 11.3 Å². The van der Waals surface area contributed by atoms with Crippen LogP contribution in [0.4, 0.5) is 5.69 Å². The van der Waals surface area contributed by atoms with E-state index in [1.165, 1.54) is 9.78 Å². The Morgan fingerprint density at radius 2 is 2.22 bits per heavy atom. The third-order valence-electron chi connectivity index (χ3n) is 4.31. The van der Waals surface area contributed by atoms with Crippen LogP contribution in [-0.4, -0.2) is 19.0 Å². The zero-order valence-corrected chi connectivity index (χ0v) is 15.2. The highest BCUT2D eigenvalue weighted by molar-refractivity contribution is 7.10. The van der Waals surface area contributed by atoms with Crippen molar-refractivity contribution in [2.75, 3.05) is 18.4 Å². The lowest BCUT2D eigenvalue weighted by atomic mass is 10.2. The van der Waals surface area contributed by atoms with Gasteiger partial charge in [0.05, 0.1) is 27.2 Å². The number of carbonyl (C=O) groups is 1.